The highest BCUT2D eigenvalue weighted by molar-refractivity contribution is 5.97. The van der Waals surface area contributed by atoms with Gasteiger partial charge in [0.2, 0.25) is 0 Å². The number of carbonyl (C=O) groups excluding carboxylic acids is 2. The third-order valence-corrected chi connectivity index (χ3v) is 5.81. The highest BCUT2D eigenvalue weighted by Gasteiger charge is 2.23. The lowest BCUT2D eigenvalue weighted by Crippen LogP contribution is -2.39. The van der Waals surface area contributed by atoms with Crippen LogP contribution in [0.2, 0.25) is 0 Å². The molecule has 3 amide bonds. The van der Waals surface area contributed by atoms with Crippen molar-refractivity contribution in [3.05, 3.63) is 53.3 Å². The highest BCUT2D eigenvalue weighted by atomic mass is 16.2. The summed E-state index contributed by atoms with van der Waals surface area (Å²) < 4.78 is 0. The molecule has 4 rings (SSSR count). The van der Waals surface area contributed by atoms with Gasteiger partial charge >= 0.3 is 6.03 Å². The van der Waals surface area contributed by atoms with Gasteiger partial charge in [0.25, 0.3) is 5.91 Å². The van der Waals surface area contributed by atoms with E-state index in [1.54, 1.807) is 35.4 Å². The average molecular weight is 436 g/mol. The minimum Gasteiger partial charge on any atom is -0.338 e. The van der Waals surface area contributed by atoms with Gasteiger partial charge in [-0.3, -0.25) is 9.89 Å². The maximum Gasteiger partial charge on any atom is 0.322 e. The van der Waals surface area contributed by atoms with Gasteiger partial charge in [-0.15, -0.1) is 0 Å². The van der Waals surface area contributed by atoms with E-state index in [-0.39, 0.29) is 11.9 Å². The van der Waals surface area contributed by atoms with Gasteiger partial charge in [0.15, 0.2) is 5.65 Å². The van der Waals surface area contributed by atoms with Gasteiger partial charge in [-0.2, -0.15) is 5.10 Å². The Morgan fingerprint density at radius 3 is 2.84 bits per heavy atom. The summed E-state index contributed by atoms with van der Waals surface area (Å²) >= 11 is 0. The Hall–Kier alpha value is -3.46. The van der Waals surface area contributed by atoms with Gasteiger partial charge in [0.05, 0.1) is 6.20 Å². The molecule has 1 aliphatic heterocycles. The van der Waals surface area contributed by atoms with Crippen molar-refractivity contribution in [1.82, 2.24) is 29.9 Å². The van der Waals surface area contributed by atoms with E-state index >= 15 is 0 Å². The molecule has 0 unspecified atom stereocenters. The lowest BCUT2D eigenvalue weighted by Gasteiger charge is -2.29. The van der Waals surface area contributed by atoms with E-state index < -0.39 is 0 Å². The second kappa shape index (κ2) is 9.35. The van der Waals surface area contributed by atoms with Crippen LogP contribution in [0, 0.1) is 0 Å². The van der Waals surface area contributed by atoms with Crippen molar-refractivity contribution in [2.75, 3.05) is 45.6 Å². The molecule has 0 atom stereocenters. The van der Waals surface area contributed by atoms with Crippen LogP contribution in [0.15, 0.2) is 36.7 Å². The van der Waals surface area contributed by atoms with Crippen LogP contribution in [0.4, 0.5) is 10.5 Å². The summed E-state index contributed by atoms with van der Waals surface area (Å²) in [6, 6.07) is 6.95. The van der Waals surface area contributed by atoms with Crippen molar-refractivity contribution in [1.29, 1.82) is 0 Å². The molecule has 9 nitrogen and oxygen atoms in total. The predicted octanol–water partition coefficient (Wildman–Crippen LogP) is 2.57. The van der Waals surface area contributed by atoms with Crippen LogP contribution in [-0.2, 0) is 13.0 Å². The van der Waals surface area contributed by atoms with Crippen molar-refractivity contribution in [3.8, 4) is 0 Å². The molecule has 0 spiro atoms. The molecule has 0 bridgehead atoms. The number of carbonyl (C=O) groups is 2. The third kappa shape index (κ3) is 4.57. The molecular formula is C23H29N7O2. The Bertz CT molecular complexity index is 1120. The molecule has 9 heteroatoms. The number of benzene rings is 1. The number of hydrogen-bond donors (Lipinski definition) is 2. The second-order valence-corrected chi connectivity index (χ2v) is 8.26. The summed E-state index contributed by atoms with van der Waals surface area (Å²) in [5.41, 5.74) is 4.17. The molecular weight excluding hydrogens is 406 g/mol. The van der Waals surface area contributed by atoms with Crippen LogP contribution in [0.3, 0.4) is 0 Å². The fourth-order valence-electron chi connectivity index (χ4n) is 3.97. The molecule has 0 fully saturated rings. The largest absolute Gasteiger partial charge is 0.338 e. The van der Waals surface area contributed by atoms with Crippen LogP contribution in [0.5, 0.6) is 0 Å². The fourth-order valence-corrected chi connectivity index (χ4v) is 3.97. The first-order valence-electron chi connectivity index (χ1n) is 10.9. The second-order valence-electron chi connectivity index (χ2n) is 8.26. The van der Waals surface area contributed by atoms with Gasteiger partial charge in [-0.25, -0.2) is 9.78 Å². The molecule has 0 radical (unpaired) electrons. The molecule has 0 saturated heterocycles. The van der Waals surface area contributed by atoms with E-state index in [1.165, 1.54) is 5.56 Å². The number of aromatic amines is 1. The number of nitrogens with zero attached hydrogens (tertiary/aromatic N) is 5. The monoisotopic (exact) mass is 435 g/mol. The number of urea groups is 1. The molecule has 3 heterocycles. The number of rotatable bonds is 6. The van der Waals surface area contributed by atoms with Crippen LogP contribution in [-0.4, -0.2) is 82.1 Å². The average Bonchev–Trinajstić information content (AvgIpc) is 3.28. The zero-order chi connectivity index (χ0) is 22.7. The van der Waals surface area contributed by atoms with Crippen molar-refractivity contribution in [3.63, 3.8) is 0 Å². The maximum absolute atomic E-state index is 12.9. The summed E-state index contributed by atoms with van der Waals surface area (Å²) in [6.07, 6.45) is 4.34. The maximum atomic E-state index is 12.9. The lowest BCUT2D eigenvalue weighted by atomic mass is 9.99. The van der Waals surface area contributed by atoms with Crippen LogP contribution in [0.1, 0.15) is 28.4 Å². The number of amides is 3. The molecule has 1 aliphatic rings. The van der Waals surface area contributed by atoms with E-state index in [0.29, 0.717) is 37.4 Å². The predicted molar refractivity (Wildman–Crippen MR) is 124 cm³/mol. The Labute approximate surface area is 187 Å². The van der Waals surface area contributed by atoms with Crippen LogP contribution in [0.25, 0.3) is 11.0 Å². The normalized spacial score (nSPS) is 13.3. The van der Waals surface area contributed by atoms with E-state index in [1.807, 2.05) is 32.1 Å². The topological polar surface area (TPSA) is 97.5 Å². The van der Waals surface area contributed by atoms with Crippen molar-refractivity contribution < 1.29 is 9.59 Å². The summed E-state index contributed by atoms with van der Waals surface area (Å²) in [5, 5.41) is 10.9. The van der Waals surface area contributed by atoms with Gasteiger partial charge in [-0.05, 0) is 56.8 Å². The standard InChI is InChI=1S/C23H29N7O2/c1-4-29(11-10-28(2)3)22(31)16-6-5-7-18(12-16)26-23(32)30-9-8-19-17(15-30)13-24-21-20(19)14-25-27-21/h5-7,12-14H,4,8-11,15H2,1-3H3,(H,26,32)(H,24,25,27). The summed E-state index contributed by atoms with van der Waals surface area (Å²) in [4.78, 5) is 35.9. The number of H-pyrrole nitrogens is 1. The van der Waals surface area contributed by atoms with E-state index in [9.17, 15) is 9.59 Å². The number of pyridine rings is 1. The summed E-state index contributed by atoms with van der Waals surface area (Å²) in [5.74, 6) is -0.0347. The SMILES string of the molecule is CCN(CCN(C)C)C(=O)c1cccc(NC(=O)N2CCc3c(cnc4[nH]ncc34)C2)c1. The number of aromatic nitrogens is 3. The van der Waals surface area contributed by atoms with Gasteiger partial charge in [0, 0.05) is 55.6 Å². The molecule has 0 saturated carbocycles. The zero-order valence-electron chi connectivity index (χ0n) is 18.8. The van der Waals surface area contributed by atoms with Crippen LogP contribution >= 0.6 is 0 Å². The minimum absolute atomic E-state index is 0.0347. The van der Waals surface area contributed by atoms with E-state index in [2.05, 4.69) is 25.4 Å². The zero-order valence-corrected chi connectivity index (χ0v) is 18.8. The number of fused-ring (bicyclic) bond motifs is 3. The molecule has 3 aromatic rings. The number of likely N-dealkylation sites (N-methyl/N-ethyl adjacent to an activating group) is 2. The highest BCUT2D eigenvalue weighted by Crippen LogP contribution is 2.25. The van der Waals surface area contributed by atoms with Gasteiger partial charge in [0.1, 0.15) is 0 Å². The van der Waals surface area contributed by atoms with E-state index in [4.69, 9.17) is 0 Å². The molecule has 32 heavy (non-hydrogen) atoms. The molecule has 2 aromatic heterocycles. The summed E-state index contributed by atoms with van der Waals surface area (Å²) in [7, 11) is 3.97. The third-order valence-electron chi connectivity index (χ3n) is 5.81. The van der Waals surface area contributed by atoms with E-state index in [0.717, 1.165) is 29.6 Å². The Morgan fingerprint density at radius 1 is 1.22 bits per heavy atom. The summed E-state index contributed by atoms with van der Waals surface area (Å²) in [6.45, 7) is 5.16. The van der Waals surface area contributed by atoms with Crippen molar-refractivity contribution in [2.24, 2.45) is 0 Å². The first-order valence-corrected chi connectivity index (χ1v) is 10.9. The Morgan fingerprint density at radius 2 is 2.06 bits per heavy atom. The molecule has 1 aromatic carbocycles. The molecule has 168 valence electrons. The first-order chi connectivity index (χ1) is 15.5. The number of hydrogen-bond acceptors (Lipinski definition) is 5. The first kappa shape index (κ1) is 21.8. The quantitative estimate of drug-likeness (QED) is 0.620. The van der Waals surface area contributed by atoms with Crippen LogP contribution < -0.4 is 5.32 Å². The Balaban J connectivity index is 1.43. The lowest BCUT2D eigenvalue weighted by molar-refractivity contribution is 0.0754. The number of nitrogens with one attached hydrogen (secondary N) is 2. The number of anilines is 1. The Kier molecular flexibility index (Phi) is 6.36. The van der Waals surface area contributed by atoms with Crippen molar-refractivity contribution in [2.45, 2.75) is 19.9 Å². The fraction of sp³-hybridized carbons (Fsp3) is 0.391. The molecule has 2 N–H and O–H groups in total. The smallest absolute Gasteiger partial charge is 0.322 e. The van der Waals surface area contributed by atoms with Gasteiger partial charge in [-0.1, -0.05) is 6.07 Å². The van der Waals surface area contributed by atoms with Gasteiger partial charge < -0.3 is 20.0 Å². The van der Waals surface area contributed by atoms with Crippen molar-refractivity contribution >= 4 is 28.7 Å². The molecule has 0 aliphatic carbocycles. The minimum atomic E-state index is -0.188.